The van der Waals surface area contributed by atoms with Gasteiger partial charge in [0.1, 0.15) is 0 Å². The quantitative estimate of drug-likeness (QED) is 0.568. The van der Waals surface area contributed by atoms with Crippen LogP contribution in [0.5, 0.6) is 0 Å². The van der Waals surface area contributed by atoms with Gasteiger partial charge in [-0.1, -0.05) is 40.0 Å². The minimum atomic E-state index is 0.833. The van der Waals surface area contributed by atoms with E-state index in [1.807, 2.05) is 0 Å². The van der Waals surface area contributed by atoms with Crippen molar-refractivity contribution in [1.82, 2.24) is 4.90 Å². The summed E-state index contributed by atoms with van der Waals surface area (Å²) in [6.07, 6.45) is 6.78. The van der Waals surface area contributed by atoms with Crippen molar-refractivity contribution < 1.29 is 0 Å². The molecule has 0 spiro atoms. The van der Waals surface area contributed by atoms with Crippen molar-refractivity contribution in [3.8, 4) is 0 Å². The van der Waals surface area contributed by atoms with Gasteiger partial charge >= 0.3 is 0 Å². The van der Waals surface area contributed by atoms with Crippen molar-refractivity contribution in [3.05, 3.63) is 0 Å². The van der Waals surface area contributed by atoms with Crippen LogP contribution in [0.1, 0.15) is 52.9 Å². The molecule has 12 heavy (non-hydrogen) atoms. The smallest absolute Gasteiger partial charge is 0.00919 e. The second kappa shape index (κ2) is 7.60. The molecule has 0 saturated heterocycles. The van der Waals surface area contributed by atoms with Crippen molar-refractivity contribution in [2.24, 2.45) is 0 Å². The lowest BCUT2D eigenvalue weighted by molar-refractivity contribution is 0.224. The number of hydrogen-bond donors (Lipinski definition) is 0. The zero-order chi connectivity index (χ0) is 9.40. The van der Waals surface area contributed by atoms with E-state index >= 15 is 0 Å². The summed E-state index contributed by atoms with van der Waals surface area (Å²) < 4.78 is 0. The molecule has 0 N–H and O–H groups in total. The third-order valence-corrected chi connectivity index (χ3v) is 2.63. The molecular formula is C11H25N. The number of rotatable bonds is 7. The highest BCUT2D eigenvalue weighted by Gasteiger charge is 2.10. The number of nitrogens with zero attached hydrogens (tertiary/aromatic N) is 1. The summed E-state index contributed by atoms with van der Waals surface area (Å²) in [5, 5.41) is 0. The van der Waals surface area contributed by atoms with E-state index in [1.54, 1.807) is 0 Å². The Morgan fingerprint density at radius 3 is 2.08 bits per heavy atom. The summed E-state index contributed by atoms with van der Waals surface area (Å²) in [6, 6.07) is 0.833. The maximum absolute atomic E-state index is 2.49. The molecule has 0 aliphatic heterocycles. The zero-order valence-corrected chi connectivity index (χ0v) is 9.27. The summed E-state index contributed by atoms with van der Waals surface area (Å²) in [7, 11) is 2.25. The standard InChI is InChI=1S/C11H25N/c1-5-8-10-11(9-6-2)12(4)7-3/h11H,5-10H2,1-4H3. The first-order chi connectivity index (χ1) is 5.76. The molecule has 0 saturated carbocycles. The van der Waals surface area contributed by atoms with Gasteiger partial charge in [0.25, 0.3) is 0 Å². The first-order valence-corrected chi connectivity index (χ1v) is 5.46. The van der Waals surface area contributed by atoms with Gasteiger partial charge in [0.2, 0.25) is 0 Å². The third kappa shape index (κ3) is 4.76. The van der Waals surface area contributed by atoms with Gasteiger partial charge in [-0.05, 0) is 26.4 Å². The lowest BCUT2D eigenvalue weighted by Crippen LogP contribution is -2.31. The third-order valence-electron chi connectivity index (χ3n) is 2.63. The van der Waals surface area contributed by atoms with Gasteiger partial charge in [-0.2, -0.15) is 0 Å². The predicted octanol–water partition coefficient (Wildman–Crippen LogP) is 3.30. The van der Waals surface area contributed by atoms with Crippen molar-refractivity contribution in [3.63, 3.8) is 0 Å². The average Bonchev–Trinajstić information content (AvgIpc) is 2.11. The van der Waals surface area contributed by atoms with E-state index in [0.29, 0.717) is 0 Å². The van der Waals surface area contributed by atoms with Crippen LogP contribution in [0.25, 0.3) is 0 Å². The second-order valence-corrected chi connectivity index (χ2v) is 3.66. The summed E-state index contributed by atoms with van der Waals surface area (Å²) >= 11 is 0. The van der Waals surface area contributed by atoms with E-state index in [9.17, 15) is 0 Å². The molecule has 1 atom stereocenters. The van der Waals surface area contributed by atoms with E-state index in [0.717, 1.165) is 6.04 Å². The zero-order valence-electron chi connectivity index (χ0n) is 9.27. The average molecular weight is 171 g/mol. The molecule has 0 aromatic rings. The van der Waals surface area contributed by atoms with E-state index in [-0.39, 0.29) is 0 Å². The highest BCUT2D eigenvalue weighted by Crippen LogP contribution is 2.12. The van der Waals surface area contributed by atoms with Crippen molar-refractivity contribution in [2.45, 2.75) is 58.9 Å². The Morgan fingerprint density at radius 2 is 1.67 bits per heavy atom. The molecule has 0 aromatic heterocycles. The summed E-state index contributed by atoms with van der Waals surface area (Å²) in [6.45, 7) is 7.99. The van der Waals surface area contributed by atoms with E-state index in [2.05, 4.69) is 32.7 Å². The van der Waals surface area contributed by atoms with Crippen LogP contribution in [-0.2, 0) is 0 Å². The molecule has 0 bridgehead atoms. The van der Waals surface area contributed by atoms with Crippen LogP contribution < -0.4 is 0 Å². The molecule has 1 unspecified atom stereocenters. The molecule has 0 fully saturated rings. The van der Waals surface area contributed by atoms with Crippen LogP contribution >= 0.6 is 0 Å². The van der Waals surface area contributed by atoms with Gasteiger partial charge in [0.05, 0.1) is 0 Å². The van der Waals surface area contributed by atoms with Crippen LogP contribution in [-0.4, -0.2) is 24.5 Å². The maximum atomic E-state index is 2.49. The largest absolute Gasteiger partial charge is 0.304 e. The molecule has 0 radical (unpaired) electrons. The van der Waals surface area contributed by atoms with Crippen LogP contribution in [0.4, 0.5) is 0 Å². The maximum Gasteiger partial charge on any atom is 0.00919 e. The van der Waals surface area contributed by atoms with Gasteiger partial charge in [0, 0.05) is 6.04 Å². The molecule has 0 aliphatic carbocycles. The van der Waals surface area contributed by atoms with E-state index < -0.39 is 0 Å². The minimum Gasteiger partial charge on any atom is -0.304 e. The first kappa shape index (κ1) is 12.0. The highest BCUT2D eigenvalue weighted by atomic mass is 15.1. The monoisotopic (exact) mass is 171 g/mol. The lowest BCUT2D eigenvalue weighted by atomic mass is 10.0. The fraction of sp³-hybridized carbons (Fsp3) is 1.00. The Morgan fingerprint density at radius 1 is 1.00 bits per heavy atom. The molecule has 0 rings (SSSR count). The van der Waals surface area contributed by atoms with E-state index in [1.165, 1.54) is 38.6 Å². The first-order valence-electron chi connectivity index (χ1n) is 5.46. The highest BCUT2D eigenvalue weighted by molar-refractivity contribution is 4.66. The molecular weight excluding hydrogens is 146 g/mol. The summed E-state index contributed by atoms with van der Waals surface area (Å²) in [4.78, 5) is 2.49. The van der Waals surface area contributed by atoms with Crippen LogP contribution in [0, 0.1) is 0 Å². The van der Waals surface area contributed by atoms with Crippen molar-refractivity contribution >= 4 is 0 Å². The Kier molecular flexibility index (Phi) is 7.58. The van der Waals surface area contributed by atoms with Crippen LogP contribution in [0.3, 0.4) is 0 Å². The number of unbranched alkanes of at least 4 members (excludes halogenated alkanes) is 1. The Bertz CT molecular complexity index is 91.0. The molecule has 74 valence electrons. The topological polar surface area (TPSA) is 3.24 Å². The second-order valence-electron chi connectivity index (χ2n) is 3.66. The van der Waals surface area contributed by atoms with Crippen LogP contribution in [0.15, 0.2) is 0 Å². The molecule has 1 nitrogen and oxygen atoms in total. The van der Waals surface area contributed by atoms with Crippen molar-refractivity contribution in [2.75, 3.05) is 13.6 Å². The van der Waals surface area contributed by atoms with Gasteiger partial charge in [0.15, 0.2) is 0 Å². The van der Waals surface area contributed by atoms with Crippen LogP contribution in [0.2, 0.25) is 0 Å². The van der Waals surface area contributed by atoms with E-state index in [4.69, 9.17) is 0 Å². The fourth-order valence-corrected chi connectivity index (χ4v) is 1.62. The van der Waals surface area contributed by atoms with Crippen molar-refractivity contribution in [1.29, 1.82) is 0 Å². The van der Waals surface area contributed by atoms with Gasteiger partial charge in [-0.3, -0.25) is 0 Å². The normalized spacial score (nSPS) is 13.8. The molecule has 0 amide bonds. The van der Waals surface area contributed by atoms with Gasteiger partial charge in [-0.15, -0.1) is 0 Å². The Balaban J connectivity index is 3.68. The molecule has 1 heteroatoms. The number of hydrogen-bond acceptors (Lipinski definition) is 1. The summed E-state index contributed by atoms with van der Waals surface area (Å²) in [5.74, 6) is 0. The van der Waals surface area contributed by atoms with Gasteiger partial charge < -0.3 is 4.90 Å². The lowest BCUT2D eigenvalue weighted by Gasteiger charge is -2.26. The fourth-order valence-electron chi connectivity index (χ4n) is 1.62. The molecule has 0 aliphatic rings. The predicted molar refractivity (Wildman–Crippen MR) is 56.5 cm³/mol. The van der Waals surface area contributed by atoms with Gasteiger partial charge in [-0.25, -0.2) is 0 Å². The Labute approximate surface area is 78.1 Å². The Hall–Kier alpha value is -0.0400. The molecule has 0 aromatic carbocycles. The molecule has 0 heterocycles. The summed E-state index contributed by atoms with van der Waals surface area (Å²) in [5.41, 5.74) is 0. The minimum absolute atomic E-state index is 0.833. The SMILES string of the molecule is CCCCC(CCC)N(C)CC.